The summed E-state index contributed by atoms with van der Waals surface area (Å²) in [5.74, 6) is 1.77. The highest BCUT2D eigenvalue weighted by Crippen LogP contribution is 2.29. The second kappa shape index (κ2) is 7.07. The zero-order chi connectivity index (χ0) is 14.5. The van der Waals surface area contributed by atoms with Crippen molar-refractivity contribution in [3.8, 4) is 5.75 Å². The normalized spacial score (nSPS) is 26.1. The van der Waals surface area contributed by atoms with Gasteiger partial charge in [-0.1, -0.05) is 26.0 Å². The molecule has 1 heterocycles. The molecule has 0 spiro atoms. The van der Waals surface area contributed by atoms with Crippen molar-refractivity contribution in [1.82, 2.24) is 10.9 Å². The Morgan fingerprint density at radius 2 is 1.90 bits per heavy atom. The number of rotatable bonds is 6. The summed E-state index contributed by atoms with van der Waals surface area (Å²) in [6.45, 7) is 7.41. The Kier molecular flexibility index (Phi) is 5.40. The standard InChI is InChI=1S/C16H26N2O2/c1-11(2)8-9-20-14-6-4-13(5-7-14)16-15(10-19)12(3)17-18-16/h4-7,11-12,15-19H,8-10H2,1-3H3. The SMILES string of the molecule is CC(C)CCOc1ccc(C2NNC(C)C2CO)cc1. The van der Waals surface area contributed by atoms with Crippen LogP contribution in [0.4, 0.5) is 0 Å². The third-order valence-corrected chi connectivity index (χ3v) is 3.95. The van der Waals surface area contributed by atoms with E-state index in [1.54, 1.807) is 0 Å². The van der Waals surface area contributed by atoms with E-state index in [4.69, 9.17) is 4.74 Å². The van der Waals surface area contributed by atoms with Gasteiger partial charge in [0.15, 0.2) is 0 Å². The molecule has 0 amide bonds. The Balaban J connectivity index is 1.94. The zero-order valence-electron chi connectivity index (χ0n) is 12.6. The average molecular weight is 278 g/mol. The fraction of sp³-hybridized carbons (Fsp3) is 0.625. The second-order valence-electron chi connectivity index (χ2n) is 6.00. The highest BCUT2D eigenvalue weighted by molar-refractivity contribution is 5.30. The van der Waals surface area contributed by atoms with Crippen molar-refractivity contribution in [2.24, 2.45) is 11.8 Å². The van der Waals surface area contributed by atoms with Crippen LogP contribution in [-0.4, -0.2) is 24.4 Å². The lowest BCUT2D eigenvalue weighted by molar-refractivity contribution is 0.204. The van der Waals surface area contributed by atoms with E-state index in [0.29, 0.717) is 5.92 Å². The Morgan fingerprint density at radius 1 is 1.20 bits per heavy atom. The van der Waals surface area contributed by atoms with Gasteiger partial charge in [-0.2, -0.15) is 0 Å². The summed E-state index contributed by atoms with van der Waals surface area (Å²) in [6.07, 6.45) is 1.07. The maximum absolute atomic E-state index is 9.49. The summed E-state index contributed by atoms with van der Waals surface area (Å²) in [5, 5.41) is 9.49. The molecule has 1 fully saturated rings. The lowest BCUT2D eigenvalue weighted by Crippen LogP contribution is -2.29. The van der Waals surface area contributed by atoms with Crippen molar-refractivity contribution < 1.29 is 9.84 Å². The molecule has 1 aliphatic heterocycles. The molecule has 0 aromatic heterocycles. The molecule has 3 atom stereocenters. The van der Waals surface area contributed by atoms with E-state index >= 15 is 0 Å². The Labute approximate surface area is 121 Å². The Morgan fingerprint density at radius 3 is 2.50 bits per heavy atom. The fourth-order valence-corrected chi connectivity index (χ4v) is 2.50. The van der Waals surface area contributed by atoms with Crippen molar-refractivity contribution in [2.45, 2.75) is 39.3 Å². The Bertz CT molecular complexity index is 405. The van der Waals surface area contributed by atoms with Crippen molar-refractivity contribution in [2.75, 3.05) is 13.2 Å². The van der Waals surface area contributed by atoms with Crippen LogP contribution >= 0.6 is 0 Å². The van der Waals surface area contributed by atoms with Crippen LogP contribution in [0, 0.1) is 11.8 Å². The number of hydrogen-bond acceptors (Lipinski definition) is 4. The minimum atomic E-state index is 0.153. The molecule has 1 saturated heterocycles. The van der Waals surface area contributed by atoms with Gasteiger partial charge in [0.05, 0.1) is 12.6 Å². The number of hydrogen-bond donors (Lipinski definition) is 3. The molecule has 3 unspecified atom stereocenters. The Hall–Kier alpha value is -1.10. The van der Waals surface area contributed by atoms with Gasteiger partial charge in [0, 0.05) is 18.6 Å². The van der Waals surface area contributed by atoms with E-state index in [1.165, 1.54) is 5.56 Å². The summed E-state index contributed by atoms with van der Waals surface area (Å²) in [4.78, 5) is 0. The van der Waals surface area contributed by atoms with Crippen LogP contribution in [0.15, 0.2) is 24.3 Å². The first-order valence-electron chi connectivity index (χ1n) is 7.46. The van der Waals surface area contributed by atoms with Crippen molar-refractivity contribution in [3.05, 3.63) is 29.8 Å². The molecule has 112 valence electrons. The highest BCUT2D eigenvalue weighted by atomic mass is 16.5. The summed E-state index contributed by atoms with van der Waals surface area (Å²) < 4.78 is 5.72. The van der Waals surface area contributed by atoms with Gasteiger partial charge in [-0.25, -0.2) is 5.43 Å². The van der Waals surface area contributed by atoms with Gasteiger partial charge in [-0.3, -0.25) is 5.43 Å². The third kappa shape index (κ3) is 3.72. The summed E-state index contributed by atoms with van der Waals surface area (Å²) >= 11 is 0. The predicted octanol–water partition coefficient (Wildman–Crippen LogP) is 2.26. The summed E-state index contributed by atoms with van der Waals surface area (Å²) in [7, 11) is 0. The molecule has 1 aliphatic rings. The molecule has 3 N–H and O–H groups in total. The van der Waals surface area contributed by atoms with Gasteiger partial charge >= 0.3 is 0 Å². The van der Waals surface area contributed by atoms with Crippen molar-refractivity contribution >= 4 is 0 Å². The number of hydrazine groups is 1. The van der Waals surface area contributed by atoms with Crippen LogP contribution in [0.1, 0.15) is 38.8 Å². The second-order valence-corrected chi connectivity index (χ2v) is 6.00. The molecule has 20 heavy (non-hydrogen) atoms. The summed E-state index contributed by atoms with van der Waals surface area (Å²) in [6, 6.07) is 8.59. The average Bonchev–Trinajstić information content (AvgIpc) is 2.80. The van der Waals surface area contributed by atoms with Crippen LogP contribution in [0.3, 0.4) is 0 Å². The molecule has 4 heteroatoms. The smallest absolute Gasteiger partial charge is 0.119 e. The van der Waals surface area contributed by atoms with E-state index < -0.39 is 0 Å². The van der Waals surface area contributed by atoms with Gasteiger partial charge in [0.25, 0.3) is 0 Å². The largest absolute Gasteiger partial charge is 0.494 e. The molecule has 4 nitrogen and oxygen atoms in total. The number of aliphatic hydroxyl groups is 1. The van der Waals surface area contributed by atoms with Crippen LogP contribution in [0.5, 0.6) is 5.75 Å². The van der Waals surface area contributed by atoms with E-state index in [9.17, 15) is 5.11 Å². The maximum Gasteiger partial charge on any atom is 0.119 e. The lowest BCUT2D eigenvalue weighted by atomic mass is 9.91. The molecular formula is C16H26N2O2. The number of benzene rings is 1. The number of aliphatic hydroxyl groups excluding tert-OH is 1. The number of ether oxygens (including phenoxy) is 1. The van der Waals surface area contributed by atoms with E-state index in [2.05, 4.69) is 43.8 Å². The van der Waals surface area contributed by atoms with Crippen LogP contribution in [0.25, 0.3) is 0 Å². The first-order chi connectivity index (χ1) is 9.61. The van der Waals surface area contributed by atoms with Gasteiger partial charge in [0.2, 0.25) is 0 Å². The topological polar surface area (TPSA) is 53.5 Å². The quantitative estimate of drug-likeness (QED) is 0.747. The van der Waals surface area contributed by atoms with Gasteiger partial charge < -0.3 is 9.84 Å². The highest BCUT2D eigenvalue weighted by Gasteiger charge is 2.33. The predicted molar refractivity (Wildman–Crippen MR) is 80.4 cm³/mol. The minimum absolute atomic E-state index is 0.153. The third-order valence-electron chi connectivity index (χ3n) is 3.95. The monoisotopic (exact) mass is 278 g/mol. The molecule has 0 saturated carbocycles. The van der Waals surface area contributed by atoms with Crippen molar-refractivity contribution in [1.29, 1.82) is 0 Å². The maximum atomic E-state index is 9.49. The first kappa shape index (κ1) is 15.3. The van der Waals surface area contributed by atoms with Crippen LogP contribution in [-0.2, 0) is 0 Å². The molecule has 2 rings (SSSR count). The van der Waals surface area contributed by atoms with Crippen LogP contribution in [0.2, 0.25) is 0 Å². The molecule has 0 bridgehead atoms. The van der Waals surface area contributed by atoms with Gasteiger partial charge in [-0.15, -0.1) is 0 Å². The summed E-state index contributed by atoms with van der Waals surface area (Å²) in [5.41, 5.74) is 7.62. The molecular weight excluding hydrogens is 252 g/mol. The fourth-order valence-electron chi connectivity index (χ4n) is 2.50. The van der Waals surface area contributed by atoms with Gasteiger partial charge in [-0.05, 0) is 37.0 Å². The van der Waals surface area contributed by atoms with Crippen molar-refractivity contribution in [3.63, 3.8) is 0 Å². The lowest BCUT2D eigenvalue weighted by Gasteiger charge is -2.19. The number of nitrogens with one attached hydrogen (secondary N) is 2. The van der Waals surface area contributed by atoms with Gasteiger partial charge in [0.1, 0.15) is 5.75 Å². The first-order valence-corrected chi connectivity index (χ1v) is 7.46. The van der Waals surface area contributed by atoms with E-state index in [1.807, 2.05) is 12.1 Å². The molecule has 0 radical (unpaired) electrons. The molecule has 1 aromatic rings. The molecule has 1 aromatic carbocycles. The van der Waals surface area contributed by atoms with E-state index in [-0.39, 0.29) is 24.6 Å². The van der Waals surface area contributed by atoms with Crippen LogP contribution < -0.4 is 15.6 Å². The zero-order valence-corrected chi connectivity index (χ0v) is 12.6. The minimum Gasteiger partial charge on any atom is -0.494 e. The van der Waals surface area contributed by atoms with E-state index in [0.717, 1.165) is 18.8 Å². The molecule has 0 aliphatic carbocycles.